The number of rotatable bonds is 8. The van der Waals surface area contributed by atoms with Gasteiger partial charge in [-0.25, -0.2) is 8.78 Å². The smallest absolute Gasteiger partial charge is 0.255 e. The molecule has 1 atom stereocenters. The van der Waals surface area contributed by atoms with Crippen LogP contribution >= 0.6 is 0 Å². The third-order valence-corrected chi connectivity index (χ3v) is 5.72. The Labute approximate surface area is 199 Å². The van der Waals surface area contributed by atoms with Gasteiger partial charge in [-0.2, -0.15) is 0 Å². The summed E-state index contributed by atoms with van der Waals surface area (Å²) in [6.45, 7) is 4.26. The quantitative estimate of drug-likeness (QED) is 0.463. The van der Waals surface area contributed by atoms with Crippen LogP contribution in [0.1, 0.15) is 46.5 Å². The van der Waals surface area contributed by atoms with E-state index in [1.165, 1.54) is 42.5 Å². The minimum Gasteiger partial charge on any atom is -0.377 e. The van der Waals surface area contributed by atoms with E-state index < -0.39 is 17.5 Å². The lowest BCUT2D eigenvalue weighted by Gasteiger charge is -2.31. The van der Waals surface area contributed by atoms with E-state index in [1.807, 2.05) is 45.0 Å². The Kier molecular flexibility index (Phi) is 7.99. The molecule has 3 aromatic rings. The molecule has 0 aliphatic rings. The highest BCUT2D eigenvalue weighted by molar-refractivity contribution is 6.04. The molecule has 34 heavy (non-hydrogen) atoms. The summed E-state index contributed by atoms with van der Waals surface area (Å²) in [6, 6.07) is 16.4. The fourth-order valence-electron chi connectivity index (χ4n) is 3.65. The van der Waals surface area contributed by atoms with Crippen LogP contribution < -0.4 is 10.2 Å². The van der Waals surface area contributed by atoms with Crippen LogP contribution in [-0.2, 0) is 6.54 Å². The minimum atomic E-state index is -0.486. The van der Waals surface area contributed by atoms with Gasteiger partial charge in [-0.3, -0.25) is 9.59 Å². The van der Waals surface area contributed by atoms with Gasteiger partial charge in [0.05, 0.1) is 0 Å². The average molecular weight is 466 g/mol. The number of hydrogen-bond acceptors (Lipinski definition) is 3. The number of carbonyl (C=O) groups is 2. The number of hydrogen-bond donors (Lipinski definition) is 1. The van der Waals surface area contributed by atoms with Crippen molar-refractivity contribution in [2.75, 3.05) is 24.3 Å². The Morgan fingerprint density at radius 2 is 1.62 bits per heavy atom. The largest absolute Gasteiger partial charge is 0.377 e. The molecule has 0 saturated carbocycles. The zero-order valence-corrected chi connectivity index (χ0v) is 19.8. The Morgan fingerprint density at radius 3 is 2.24 bits per heavy atom. The molecule has 0 heterocycles. The second-order valence-electron chi connectivity index (χ2n) is 8.40. The van der Waals surface area contributed by atoms with E-state index in [0.29, 0.717) is 17.8 Å². The summed E-state index contributed by atoms with van der Waals surface area (Å²) >= 11 is 0. The number of nitrogens with one attached hydrogen (secondary N) is 1. The molecule has 7 heteroatoms. The molecule has 0 fully saturated rings. The topological polar surface area (TPSA) is 52.7 Å². The Morgan fingerprint density at radius 1 is 0.912 bits per heavy atom. The van der Waals surface area contributed by atoms with E-state index in [2.05, 4.69) is 5.32 Å². The maximum Gasteiger partial charge on any atom is 0.255 e. The zero-order valence-electron chi connectivity index (χ0n) is 19.8. The van der Waals surface area contributed by atoms with E-state index >= 15 is 0 Å². The zero-order chi connectivity index (χ0) is 24.8. The molecule has 0 bridgehead atoms. The van der Waals surface area contributed by atoms with Gasteiger partial charge in [-0.15, -0.1) is 0 Å². The highest BCUT2D eigenvalue weighted by atomic mass is 19.1. The molecule has 0 spiro atoms. The molecule has 0 unspecified atom stereocenters. The first-order valence-corrected chi connectivity index (χ1v) is 11.1. The molecule has 0 aliphatic carbocycles. The first kappa shape index (κ1) is 24.9. The molecule has 5 nitrogen and oxygen atoms in total. The third-order valence-electron chi connectivity index (χ3n) is 5.72. The first-order chi connectivity index (χ1) is 16.2. The van der Waals surface area contributed by atoms with Gasteiger partial charge in [0.2, 0.25) is 0 Å². The third kappa shape index (κ3) is 5.98. The van der Waals surface area contributed by atoms with Crippen molar-refractivity contribution in [3.05, 3.63) is 95.1 Å². The van der Waals surface area contributed by atoms with Gasteiger partial charge in [0.25, 0.3) is 11.8 Å². The van der Waals surface area contributed by atoms with Crippen molar-refractivity contribution < 1.29 is 18.4 Å². The van der Waals surface area contributed by atoms with Gasteiger partial charge in [0.1, 0.15) is 11.6 Å². The van der Waals surface area contributed by atoms with E-state index in [-0.39, 0.29) is 17.5 Å². The summed E-state index contributed by atoms with van der Waals surface area (Å²) in [4.78, 5) is 29.6. The van der Waals surface area contributed by atoms with Crippen molar-refractivity contribution >= 4 is 23.2 Å². The van der Waals surface area contributed by atoms with Crippen molar-refractivity contribution in [1.29, 1.82) is 0 Å². The lowest BCUT2D eigenvalue weighted by atomic mass is 10.1. The predicted octanol–water partition coefficient (Wildman–Crippen LogP) is 5.72. The van der Waals surface area contributed by atoms with Crippen molar-refractivity contribution in [2.24, 2.45) is 0 Å². The summed E-state index contributed by atoms with van der Waals surface area (Å²) in [5.41, 5.74) is 2.88. The molecule has 0 radical (unpaired) electrons. The predicted molar refractivity (Wildman–Crippen MR) is 131 cm³/mol. The van der Waals surface area contributed by atoms with Crippen molar-refractivity contribution in [1.82, 2.24) is 4.90 Å². The molecule has 0 saturated heterocycles. The maximum atomic E-state index is 13.5. The number of amides is 2. The summed E-state index contributed by atoms with van der Waals surface area (Å²) in [6.07, 6.45) is 0.736. The van der Waals surface area contributed by atoms with E-state index in [4.69, 9.17) is 0 Å². The minimum absolute atomic E-state index is 0.0712. The molecule has 2 amide bonds. The van der Waals surface area contributed by atoms with Crippen molar-refractivity contribution in [3.8, 4) is 0 Å². The van der Waals surface area contributed by atoms with Crippen LogP contribution in [0, 0.1) is 11.6 Å². The van der Waals surface area contributed by atoms with E-state index in [0.717, 1.165) is 17.7 Å². The summed E-state index contributed by atoms with van der Waals surface area (Å²) < 4.78 is 26.9. The van der Waals surface area contributed by atoms with Crippen LogP contribution in [0.15, 0.2) is 66.7 Å². The summed E-state index contributed by atoms with van der Waals surface area (Å²) in [7, 11) is 3.80. The monoisotopic (exact) mass is 465 g/mol. The van der Waals surface area contributed by atoms with Gasteiger partial charge in [-0.05, 0) is 79.6 Å². The number of anilines is 2. The Bertz CT molecular complexity index is 1160. The number of nitrogens with zero attached hydrogens (tertiary/aromatic N) is 2. The summed E-state index contributed by atoms with van der Waals surface area (Å²) in [5.74, 6) is -1.51. The van der Waals surface area contributed by atoms with Crippen molar-refractivity contribution in [2.45, 2.75) is 32.9 Å². The molecule has 3 rings (SSSR count). The molecule has 0 aromatic heterocycles. The van der Waals surface area contributed by atoms with Crippen LogP contribution in [0.5, 0.6) is 0 Å². The fraction of sp³-hybridized carbons (Fsp3) is 0.259. The lowest BCUT2D eigenvalue weighted by molar-refractivity contribution is 0.0671. The molecular weight excluding hydrogens is 436 g/mol. The van der Waals surface area contributed by atoms with Crippen LogP contribution in [0.2, 0.25) is 0 Å². The SMILES string of the molecule is CC[C@@H](C)N(Cc1cc(NC(=O)c2cccc(F)c2)ccc1N(C)C)C(=O)c1ccc(F)cc1. The van der Waals surface area contributed by atoms with Gasteiger partial charge in [-0.1, -0.05) is 13.0 Å². The number of carbonyl (C=O) groups excluding carboxylic acids is 2. The van der Waals surface area contributed by atoms with Gasteiger partial charge >= 0.3 is 0 Å². The van der Waals surface area contributed by atoms with Crippen LogP contribution in [0.25, 0.3) is 0 Å². The summed E-state index contributed by atoms with van der Waals surface area (Å²) in [5, 5.41) is 2.81. The van der Waals surface area contributed by atoms with Gasteiger partial charge < -0.3 is 15.1 Å². The van der Waals surface area contributed by atoms with E-state index in [1.54, 1.807) is 17.0 Å². The Hall–Kier alpha value is -3.74. The normalized spacial score (nSPS) is 11.6. The lowest BCUT2D eigenvalue weighted by Crippen LogP contribution is -2.38. The second kappa shape index (κ2) is 10.9. The first-order valence-electron chi connectivity index (χ1n) is 11.1. The molecule has 3 aromatic carbocycles. The molecular formula is C27H29F2N3O2. The van der Waals surface area contributed by atoms with Crippen LogP contribution in [0.3, 0.4) is 0 Å². The molecule has 178 valence electrons. The van der Waals surface area contributed by atoms with Crippen molar-refractivity contribution in [3.63, 3.8) is 0 Å². The maximum absolute atomic E-state index is 13.5. The van der Waals surface area contributed by atoms with Gasteiger partial charge in [0, 0.05) is 49.2 Å². The van der Waals surface area contributed by atoms with Crippen LogP contribution in [0.4, 0.5) is 20.2 Å². The number of benzene rings is 3. The fourth-order valence-corrected chi connectivity index (χ4v) is 3.65. The van der Waals surface area contributed by atoms with E-state index in [9.17, 15) is 18.4 Å². The standard InChI is InChI=1S/C27H29F2N3O2/c1-5-18(2)32(27(34)19-9-11-22(28)12-10-19)17-21-16-24(13-14-25(21)31(3)4)30-26(33)20-7-6-8-23(29)15-20/h6-16,18H,5,17H2,1-4H3,(H,30,33)/t18-/m1/s1. The highest BCUT2D eigenvalue weighted by Gasteiger charge is 2.23. The van der Waals surface area contributed by atoms with Gasteiger partial charge in [0.15, 0.2) is 0 Å². The average Bonchev–Trinajstić information content (AvgIpc) is 2.82. The van der Waals surface area contributed by atoms with Crippen LogP contribution in [-0.4, -0.2) is 36.9 Å². The number of halogens is 2. The second-order valence-corrected chi connectivity index (χ2v) is 8.40. The molecule has 1 N–H and O–H groups in total. The molecule has 0 aliphatic heterocycles. The Balaban J connectivity index is 1.92. The highest BCUT2D eigenvalue weighted by Crippen LogP contribution is 2.27.